The average Bonchev–Trinajstić information content (AvgIpc) is 2.88. The first-order valence-electron chi connectivity index (χ1n) is 6.79. The monoisotopic (exact) mass is 398 g/mol. The number of aromatic carboxylic acids is 1. The molecule has 0 saturated carbocycles. The van der Waals surface area contributed by atoms with Gasteiger partial charge in [-0.1, -0.05) is 28.1 Å². The molecule has 124 valence electrons. The average molecular weight is 399 g/mol. The Morgan fingerprint density at radius 1 is 1.21 bits per heavy atom. The van der Waals surface area contributed by atoms with E-state index in [9.17, 15) is 23.1 Å². The van der Waals surface area contributed by atoms with Crippen LogP contribution in [0.1, 0.15) is 21.5 Å². The van der Waals surface area contributed by atoms with Crippen LogP contribution in [-0.2, 0) is 12.7 Å². The fourth-order valence-corrected chi connectivity index (χ4v) is 2.90. The molecule has 0 aliphatic heterocycles. The summed E-state index contributed by atoms with van der Waals surface area (Å²) in [4.78, 5) is 15.6. The molecule has 4 nitrogen and oxygen atoms in total. The molecule has 0 atom stereocenters. The highest BCUT2D eigenvalue weighted by atomic mass is 79.9. The standard InChI is InChI=1S/C16H10BrF3N2O2/c17-11-5-12(15(23)24)14-13(6-11)21-8-22(14)7-9-1-3-10(4-2-9)16(18,19)20/h1-6,8H,7H2,(H,23,24). The Hall–Kier alpha value is -2.35. The van der Waals surface area contributed by atoms with Crippen LogP contribution >= 0.6 is 15.9 Å². The second kappa shape index (κ2) is 5.94. The molecule has 0 radical (unpaired) electrons. The first-order valence-corrected chi connectivity index (χ1v) is 7.59. The summed E-state index contributed by atoms with van der Waals surface area (Å²) < 4.78 is 40.0. The smallest absolute Gasteiger partial charge is 0.416 e. The summed E-state index contributed by atoms with van der Waals surface area (Å²) in [6.45, 7) is 0.219. The van der Waals surface area contributed by atoms with E-state index in [0.717, 1.165) is 12.1 Å². The number of hydrogen-bond donors (Lipinski definition) is 1. The zero-order valence-electron chi connectivity index (χ0n) is 12.0. The van der Waals surface area contributed by atoms with Crippen molar-refractivity contribution in [2.75, 3.05) is 0 Å². The van der Waals surface area contributed by atoms with Crippen molar-refractivity contribution in [3.63, 3.8) is 0 Å². The number of hydrogen-bond acceptors (Lipinski definition) is 2. The second-order valence-electron chi connectivity index (χ2n) is 5.19. The minimum absolute atomic E-state index is 0.0730. The molecule has 0 saturated heterocycles. The normalized spacial score (nSPS) is 11.8. The summed E-state index contributed by atoms with van der Waals surface area (Å²) in [7, 11) is 0. The zero-order valence-corrected chi connectivity index (χ0v) is 13.6. The van der Waals surface area contributed by atoms with Crippen molar-refractivity contribution in [1.29, 1.82) is 0 Å². The number of imidazole rings is 1. The van der Waals surface area contributed by atoms with Crippen LogP contribution in [0.2, 0.25) is 0 Å². The van der Waals surface area contributed by atoms with Crippen molar-refractivity contribution in [2.24, 2.45) is 0 Å². The second-order valence-corrected chi connectivity index (χ2v) is 6.11. The summed E-state index contributed by atoms with van der Waals surface area (Å²) in [5.41, 5.74) is 0.876. The van der Waals surface area contributed by atoms with Crippen molar-refractivity contribution in [3.05, 3.63) is 63.9 Å². The first-order chi connectivity index (χ1) is 11.3. The number of rotatable bonds is 3. The molecule has 1 N–H and O–H groups in total. The molecule has 0 spiro atoms. The lowest BCUT2D eigenvalue weighted by Crippen LogP contribution is -2.06. The van der Waals surface area contributed by atoms with Gasteiger partial charge in [0.15, 0.2) is 0 Å². The minimum Gasteiger partial charge on any atom is -0.478 e. The maximum Gasteiger partial charge on any atom is 0.416 e. The van der Waals surface area contributed by atoms with Gasteiger partial charge in [0.25, 0.3) is 0 Å². The van der Waals surface area contributed by atoms with E-state index in [1.165, 1.54) is 24.5 Å². The van der Waals surface area contributed by atoms with Crippen LogP contribution in [0.15, 0.2) is 47.2 Å². The van der Waals surface area contributed by atoms with Gasteiger partial charge in [0, 0.05) is 11.0 Å². The number of halogens is 4. The molecule has 3 aromatic rings. The van der Waals surface area contributed by atoms with Gasteiger partial charge < -0.3 is 9.67 Å². The fourth-order valence-electron chi connectivity index (χ4n) is 2.45. The minimum atomic E-state index is -4.39. The Morgan fingerprint density at radius 3 is 2.46 bits per heavy atom. The molecule has 1 aromatic heterocycles. The van der Waals surface area contributed by atoms with Crippen LogP contribution in [0.3, 0.4) is 0 Å². The molecule has 0 amide bonds. The Morgan fingerprint density at radius 2 is 1.88 bits per heavy atom. The van der Waals surface area contributed by atoms with Gasteiger partial charge in [-0.3, -0.25) is 0 Å². The molecule has 1 heterocycles. The van der Waals surface area contributed by atoms with Gasteiger partial charge in [-0.05, 0) is 29.8 Å². The predicted molar refractivity (Wildman–Crippen MR) is 84.9 cm³/mol. The van der Waals surface area contributed by atoms with Crippen LogP contribution in [0, 0.1) is 0 Å². The quantitative estimate of drug-likeness (QED) is 0.703. The van der Waals surface area contributed by atoms with Crippen LogP contribution in [0.5, 0.6) is 0 Å². The van der Waals surface area contributed by atoms with Crippen LogP contribution in [0.25, 0.3) is 11.0 Å². The highest BCUT2D eigenvalue weighted by molar-refractivity contribution is 9.10. The first kappa shape index (κ1) is 16.5. The van der Waals surface area contributed by atoms with Gasteiger partial charge in [0.1, 0.15) is 0 Å². The molecule has 8 heteroatoms. The van der Waals surface area contributed by atoms with E-state index in [2.05, 4.69) is 20.9 Å². The van der Waals surface area contributed by atoms with E-state index in [4.69, 9.17) is 0 Å². The summed E-state index contributed by atoms with van der Waals surface area (Å²) in [5.74, 6) is -1.10. The van der Waals surface area contributed by atoms with Gasteiger partial charge in [0.2, 0.25) is 0 Å². The summed E-state index contributed by atoms with van der Waals surface area (Å²) in [6, 6.07) is 7.90. The third-order valence-corrected chi connectivity index (χ3v) is 4.00. The van der Waals surface area contributed by atoms with Gasteiger partial charge in [0.05, 0.1) is 28.5 Å². The molecule has 24 heavy (non-hydrogen) atoms. The number of carboxylic acids is 1. The lowest BCUT2D eigenvalue weighted by atomic mass is 10.1. The predicted octanol–water partition coefficient (Wildman–Crippen LogP) is 4.56. The third kappa shape index (κ3) is 3.14. The molecule has 0 fully saturated rings. The zero-order chi connectivity index (χ0) is 17.5. The maximum absolute atomic E-state index is 12.6. The highest BCUT2D eigenvalue weighted by Gasteiger charge is 2.29. The third-order valence-electron chi connectivity index (χ3n) is 3.54. The number of benzene rings is 2. The van der Waals surface area contributed by atoms with Crippen molar-refractivity contribution < 1.29 is 23.1 Å². The molecule has 0 unspecified atom stereocenters. The summed E-state index contributed by atoms with van der Waals surface area (Å²) >= 11 is 3.24. The van der Waals surface area contributed by atoms with E-state index >= 15 is 0 Å². The van der Waals surface area contributed by atoms with Crippen LogP contribution in [0.4, 0.5) is 13.2 Å². The van der Waals surface area contributed by atoms with Gasteiger partial charge in [-0.15, -0.1) is 0 Å². The van der Waals surface area contributed by atoms with E-state index in [1.54, 1.807) is 10.6 Å². The number of aromatic nitrogens is 2. The van der Waals surface area contributed by atoms with E-state index in [1.807, 2.05) is 0 Å². The molecule has 0 aliphatic rings. The van der Waals surface area contributed by atoms with Crippen molar-refractivity contribution >= 4 is 32.9 Å². The number of fused-ring (bicyclic) bond motifs is 1. The lowest BCUT2D eigenvalue weighted by Gasteiger charge is -2.09. The number of alkyl halides is 3. The number of nitrogens with zero attached hydrogens (tertiary/aromatic N) is 2. The molecular weight excluding hydrogens is 389 g/mol. The van der Waals surface area contributed by atoms with Crippen molar-refractivity contribution in [3.8, 4) is 0 Å². The fraction of sp³-hybridized carbons (Fsp3) is 0.125. The van der Waals surface area contributed by atoms with E-state index in [-0.39, 0.29) is 12.1 Å². The molecule has 2 aromatic carbocycles. The Labute approximate surface area is 142 Å². The lowest BCUT2D eigenvalue weighted by molar-refractivity contribution is -0.137. The molecule has 3 rings (SSSR count). The molecular formula is C16H10BrF3N2O2. The summed E-state index contributed by atoms with van der Waals surface area (Å²) in [5, 5.41) is 9.36. The highest BCUT2D eigenvalue weighted by Crippen LogP contribution is 2.29. The molecule has 0 bridgehead atoms. The number of carbonyl (C=O) groups is 1. The Bertz CT molecular complexity index is 917. The van der Waals surface area contributed by atoms with E-state index in [0.29, 0.717) is 21.1 Å². The maximum atomic E-state index is 12.6. The SMILES string of the molecule is O=C(O)c1cc(Br)cc2ncn(Cc3ccc(C(F)(F)F)cc3)c12. The topological polar surface area (TPSA) is 55.1 Å². The van der Waals surface area contributed by atoms with Gasteiger partial charge in [-0.25, -0.2) is 9.78 Å². The Kier molecular flexibility index (Phi) is 4.08. The van der Waals surface area contributed by atoms with E-state index < -0.39 is 17.7 Å². The molecule has 0 aliphatic carbocycles. The number of carboxylic acid groups (broad SMARTS) is 1. The van der Waals surface area contributed by atoms with Crippen molar-refractivity contribution in [2.45, 2.75) is 12.7 Å². The van der Waals surface area contributed by atoms with Crippen LogP contribution in [-0.4, -0.2) is 20.6 Å². The van der Waals surface area contributed by atoms with Crippen LogP contribution < -0.4 is 0 Å². The van der Waals surface area contributed by atoms with Crippen molar-refractivity contribution in [1.82, 2.24) is 9.55 Å². The Balaban J connectivity index is 2.00. The largest absolute Gasteiger partial charge is 0.478 e. The van der Waals surface area contributed by atoms with Gasteiger partial charge in [-0.2, -0.15) is 13.2 Å². The summed E-state index contributed by atoms with van der Waals surface area (Å²) in [6.07, 6.45) is -2.91. The van der Waals surface area contributed by atoms with Gasteiger partial charge >= 0.3 is 12.1 Å².